The van der Waals surface area contributed by atoms with E-state index in [1.54, 1.807) is 0 Å². The number of nitrogens with zero attached hydrogens (tertiary/aromatic N) is 1. The lowest BCUT2D eigenvalue weighted by atomic mass is 10.2. The number of hydrogen-bond donors (Lipinski definition) is 0. The molecule has 1 aromatic carbocycles. The van der Waals surface area contributed by atoms with E-state index in [-0.39, 0.29) is 5.91 Å². The van der Waals surface area contributed by atoms with Crippen molar-refractivity contribution in [2.75, 3.05) is 11.4 Å². The molecule has 1 aromatic rings. The molecule has 1 heterocycles. The smallest absolute Gasteiger partial charge is 0.227 e. The van der Waals surface area contributed by atoms with Gasteiger partial charge >= 0.3 is 0 Å². The molecule has 15 heavy (non-hydrogen) atoms. The van der Waals surface area contributed by atoms with Gasteiger partial charge < -0.3 is 4.90 Å². The monoisotopic (exact) mass is 267 g/mol. The molecule has 1 fully saturated rings. The third-order valence-electron chi connectivity index (χ3n) is 2.72. The molecular weight excluding hydrogens is 254 g/mol. The summed E-state index contributed by atoms with van der Waals surface area (Å²) in [6.07, 6.45) is 3.97. The summed E-state index contributed by atoms with van der Waals surface area (Å²) in [6.45, 7) is 0.849. The first-order valence-corrected chi connectivity index (χ1v) is 6.13. The van der Waals surface area contributed by atoms with Crippen molar-refractivity contribution in [3.05, 3.63) is 28.7 Å². The first-order chi connectivity index (χ1) is 7.29. The zero-order chi connectivity index (χ0) is 10.7. The first-order valence-electron chi connectivity index (χ1n) is 5.34. The van der Waals surface area contributed by atoms with Crippen molar-refractivity contribution >= 4 is 27.5 Å². The molecule has 1 aliphatic rings. The standard InChI is InChI=1S/C12H14BrNO/c13-10-6-3-4-7-11(10)14-9-5-1-2-8-12(14)15/h3-4,6-7H,1-2,5,8-9H2. The van der Waals surface area contributed by atoms with Gasteiger partial charge in [0.05, 0.1) is 5.69 Å². The molecule has 3 heteroatoms. The zero-order valence-corrected chi connectivity index (χ0v) is 10.2. The summed E-state index contributed by atoms with van der Waals surface area (Å²) in [6, 6.07) is 7.91. The van der Waals surface area contributed by atoms with Gasteiger partial charge in [0.15, 0.2) is 0 Å². The maximum atomic E-state index is 11.9. The predicted molar refractivity (Wildman–Crippen MR) is 65.0 cm³/mol. The summed E-state index contributed by atoms with van der Waals surface area (Å²) >= 11 is 3.49. The van der Waals surface area contributed by atoms with Gasteiger partial charge in [0.25, 0.3) is 0 Å². The van der Waals surface area contributed by atoms with Gasteiger partial charge in [-0.05, 0) is 40.9 Å². The summed E-state index contributed by atoms with van der Waals surface area (Å²) in [5.74, 6) is 0.249. The number of amides is 1. The highest BCUT2D eigenvalue weighted by Gasteiger charge is 2.19. The van der Waals surface area contributed by atoms with E-state index in [1.807, 2.05) is 29.2 Å². The Morgan fingerprint density at radius 2 is 1.93 bits per heavy atom. The maximum absolute atomic E-state index is 11.9. The molecule has 0 bridgehead atoms. The molecule has 80 valence electrons. The van der Waals surface area contributed by atoms with Crippen molar-refractivity contribution in [2.24, 2.45) is 0 Å². The SMILES string of the molecule is O=C1CCCCCN1c1ccccc1Br. The molecule has 0 aliphatic carbocycles. The zero-order valence-electron chi connectivity index (χ0n) is 8.58. The highest BCUT2D eigenvalue weighted by Crippen LogP contribution is 2.28. The Morgan fingerprint density at radius 3 is 2.73 bits per heavy atom. The Labute approximate surface area is 98.4 Å². The minimum atomic E-state index is 0.249. The fourth-order valence-corrected chi connectivity index (χ4v) is 2.41. The van der Waals surface area contributed by atoms with Crippen LogP contribution in [0.3, 0.4) is 0 Å². The summed E-state index contributed by atoms with van der Waals surface area (Å²) in [4.78, 5) is 13.8. The number of halogens is 1. The van der Waals surface area contributed by atoms with Crippen molar-refractivity contribution in [3.63, 3.8) is 0 Å². The Bertz CT molecular complexity index is 364. The second-order valence-corrected chi connectivity index (χ2v) is 4.66. The molecule has 0 spiro atoms. The molecule has 0 aromatic heterocycles. The van der Waals surface area contributed by atoms with Crippen molar-refractivity contribution in [3.8, 4) is 0 Å². The van der Waals surface area contributed by atoms with Gasteiger partial charge in [-0.2, -0.15) is 0 Å². The van der Waals surface area contributed by atoms with E-state index in [4.69, 9.17) is 0 Å². The highest BCUT2D eigenvalue weighted by molar-refractivity contribution is 9.10. The van der Waals surface area contributed by atoms with E-state index < -0.39 is 0 Å². The molecule has 0 unspecified atom stereocenters. The lowest BCUT2D eigenvalue weighted by Crippen LogP contribution is -2.30. The first kappa shape index (κ1) is 10.7. The second kappa shape index (κ2) is 4.79. The van der Waals surface area contributed by atoms with Crippen LogP contribution >= 0.6 is 15.9 Å². The lowest BCUT2D eigenvalue weighted by Gasteiger charge is -2.21. The van der Waals surface area contributed by atoms with E-state index in [9.17, 15) is 4.79 Å². The molecule has 2 nitrogen and oxygen atoms in total. The Balaban J connectivity index is 2.28. The summed E-state index contributed by atoms with van der Waals surface area (Å²) in [5, 5.41) is 0. The van der Waals surface area contributed by atoms with Crippen LogP contribution in [0.15, 0.2) is 28.7 Å². The van der Waals surface area contributed by atoms with Crippen LogP contribution in [-0.2, 0) is 4.79 Å². The third-order valence-corrected chi connectivity index (χ3v) is 3.39. The van der Waals surface area contributed by atoms with Gasteiger partial charge in [0.1, 0.15) is 0 Å². The van der Waals surface area contributed by atoms with Crippen molar-refractivity contribution in [2.45, 2.75) is 25.7 Å². The molecule has 0 atom stereocenters. The van der Waals surface area contributed by atoms with Gasteiger partial charge in [0, 0.05) is 17.4 Å². The molecule has 0 N–H and O–H groups in total. The van der Waals surface area contributed by atoms with Crippen molar-refractivity contribution < 1.29 is 4.79 Å². The Hall–Kier alpha value is -0.830. The topological polar surface area (TPSA) is 20.3 Å². The molecule has 0 saturated carbocycles. The summed E-state index contributed by atoms with van der Waals surface area (Å²) in [5.41, 5.74) is 1.00. The molecule has 1 aliphatic heterocycles. The fraction of sp³-hybridized carbons (Fsp3) is 0.417. The van der Waals surface area contributed by atoms with Crippen molar-refractivity contribution in [1.29, 1.82) is 0 Å². The molecular formula is C12H14BrNO. The Morgan fingerprint density at radius 1 is 1.13 bits per heavy atom. The fourth-order valence-electron chi connectivity index (χ4n) is 1.91. The molecule has 1 saturated heterocycles. The van der Waals surface area contributed by atoms with E-state index in [1.165, 1.54) is 0 Å². The third kappa shape index (κ3) is 2.40. The average molecular weight is 268 g/mol. The van der Waals surface area contributed by atoms with Crippen LogP contribution < -0.4 is 4.90 Å². The summed E-state index contributed by atoms with van der Waals surface area (Å²) in [7, 11) is 0. The minimum Gasteiger partial charge on any atom is -0.311 e. The molecule has 1 amide bonds. The molecule has 2 rings (SSSR count). The van der Waals surface area contributed by atoms with Crippen LogP contribution in [0.2, 0.25) is 0 Å². The number of rotatable bonds is 1. The number of carbonyl (C=O) groups excluding carboxylic acids is 1. The van der Waals surface area contributed by atoms with Gasteiger partial charge in [-0.25, -0.2) is 0 Å². The number of benzene rings is 1. The number of anilines is 1. The minimum absolute atomic E-state index is 0.249. The maximum Gasteiger partial charge on any atom is 0.227 e. The van der Waals surface area contributed by atoms with Crippen LogP contribution in [0.25, 0.3) is 0 Å². The van der Waals surface area contributed by atoms with E-state index >= 15 is 0 Å². The van der Waals surface area contributed by atoms with Crippen LogP contribution in [-0.4, -0.2) is 12.5 Å². The number of para-hydroxylation sites is 1. The van der Waals surface area contributed by atoms with E-state index in [0.29, 0.717) is 6.42 Å². The number of carbonyl (C=O) groups is 1. The lowest BCUT2D eigenvalue weighted by molar-refractivity contribution is -0.118. The largest absolute Gasteiger partial charge is 0.311 e. The summed E-state index contributed by atoms with van der Waals surface area (Å²) < 4.78 is 1.00. The van der Waals surface area contributed by atoms with Crippen LogP contribution in [0.1, 0.15) is 25.7 Å². The molecule has 0 radical (unpaired) electrons. The van der Waals surface area contributed by atoms with Gasteiger partial charge in [0.2, 0.25) is 5.91 Å². The van der Waals surface area contributed by atoms with Gasteiger partial charge in [-0.1, -0.05) is 18.6 Å². The van der Waals surface area contributed by atoms with Crippen molar-refractivity contribution in [1.82, 2.24) is 0 Å². The predicted octanol–water partition coefficient (Wildman–Crippen LogP) is 3.36. The van der Waals surface area contributed by atoms with E-state index in [2.05, 4.69) is 15.9 Å². The second-order valence-electron chi connectivity index (χ2n) is 3.81. The average Bonchev–Trinajstić information content (AvgIpc) is 2.44. The van der Waals surface area contributed by atoms with Crippen LogP contribution in [0.4, 0.5) is 5.69 Å². The highest BCUT2D eigenvalue weighted by atomic mass is 79.9. The van der Waals surface area contributed by atoms with Crippen LogP contribution in [0.5, 0.6) is 0 Å². The quantitative estimate of drug-likeness (QED) is 0.764. The Kier molecular flexibility index (Phi) is 3.41. The van der Waals surface area contributed by atoms with E-state index in [0.717, 1.165) is 36.0 Å². The number of hydrogen-bond acceptors (Lipinski definition) is 1. The van der Waals surface area contributed by atoms with Crippen LogP contribution in [0, 0.1) is 0 Å². The van der Waals surface area contributed by atoms with Gasteiger partial charge in [-0.3, -0.25) is 4.79 Å². The normalized spacial score (nSPS) is 17.7. The van der Waals surface area contributed by atoms with Gasteiger partial charge in [-0.15, -0.1) is 0 Å².